The summed E-state index contributed by atoms with van der Waals surface area (Å²) in [6, 6.07) is 0.0612. The lowest BCUT2D eigenvalue weighted by atomic mass is 9.52. The molecule has 174 valence electrons. The summed E-state index contributed by atoms with van der Waals surface area (Å²) in [5.41, 5.74) is -0.194. The number of hydrogen-bond donors (Lipinski definition) is 2. The minimum Gasteiger partial charge on any atom is -0.477 e. The van der Waals surface area contributed by atoms with Gasteiger partial charge in [0.25, 0.3) is 5.91 Å². The van der Waals surface area contributed by atoms with Crippen LogP contribution in [0.15, 0.2) is 6.20 Å². The quantitative estimate of drug-likeness (QED) is 0.592. The van der Waals surface area contributed by atoms with Gasteiger partial charge < -0.3 is 15.2 Å². The molecule has 4 aliphatic rings. The molecule has 1 aromatic rings. The van der Waals surface area contributed by atoms with Crippen LogP contribution in [-0.4, -0.2) is 59.0 Å². The Morgan fingerprint density at radius 1 is 1.32 bits per heavy atom. The van der Waals surface area contributed by atoms with Crippen LogP contribution in [0.25, 0.3) is 0 Å². The van der Waals surface area contributed by atoms with E-state index in [2.05, 4.69) is 10.4 Å². The summed E-state index contributed by atoms with van der Waals surface area (Å²) in [5, 5.41) is 18.3. The Balaban J connectivity index is 1.50. The van der Waals surface area contributed by atoms with Crippen LogP contribution in [0.2, 0.25) is 0 Å². The zero-order chi connectivity index (χ0) is 22.4. The largest absolute Gasteiger partial charge is 0.477 e. The summed E-state index contributed by atoms with van der Waals surface area (Å²) in [7, 11) is -3.16. The van der Waals surface area contributed by atoms with Crippen LogP contribution in [0.1, 0.15) is 63.2 Å². The molecule has 31 heavy (non-hydrogen) atoms. The van der Waals surface area contributed by atoms with Gasteiger partial charge in [-0.2, -0.15) is 5.10 Å². The summed E-state index contributed by atoms with van der Waals surface area (Å²) in [6.07, 6.45) is 6.03. The maximum atomic E-state index is 13.2. The number of nitrogens with zero attached hydrogens (tertiary/aromatic N) is 2. The first-order valence-corrected chi connectivity index (χ1v) is 13.3. The van der Waals surface area contributed by atoms with E-state index in [4.69, 9.17) is 4.74 Å². The molecule has 4 saturated carbocycles. The predicted molar refractivity (Wildman–Crippen MR) is 117 cm³/mol. The van der Waals surface area contributed by atoms with Crippen LogP contribution in [-0.2, 0) is 16.4 Å². The highest BCUT2D eigenvalue weighted by atomic mass is 32.2. The maximum Gasteiger partial charge on any atom is 0.258 e. The lowest BCUT2D eigenvalue weighted by Crippen LogP contribution is -2.61. The molecular weight excluding hydrogens is 418 g/mol. The fourth-order valence-corrected chi connectivity index (χ4v) is 6.64. The van der Waals surface area contributed by atoms with Gasteiger partial charge in [0.05, 0.1) is 30.7 Å². The van der Waals surface area contributed by atoms with Gasteiger partial charge in [-0.15, -0.1) is 0 Å². The van der Waals surface area contributed by atoms with Gasteiger partial charge in [0.2, 0.25) is 5.88 Å². The summed E-state index contributed by atoms with van der Waals surface area (Å²) in [4.78, 5) is 13.2. The Hall–Kier alpha value is -1.61. The van der Waals surface area contributed by atoms with Crippen molar-refractivity contribution in [3.8, 4) is 5.88 Å². The molecule has 5 rings (SSSR count). The summed E-state index contributed by atoms with van der Waals surface area (Å²) in [5.74, 6) is 1.58. The van der Waals surface area contributed by atoms with Crippen LogP contribution >= 0.6 is 0 Å². The van der Waals surface area contributed by atoms with Crippen molar-refractivity contribution < 1.29 is 23.1 Å². The van der Waals surface area contributed by atoms with E-state index >= 15 is 0 Å². The molecule has 2 atom stereocenters. The number of aryl methyl sites for hydroxylation is 1. The van der Waals surface area contributed by atoms with E-state index in [1.54, 1.807) is 6.92 Å². The number of rotatable bonds is 9. The molecule has 1 aromatic heterocycles. The van der Waals surface area contributed by atoms with Crippen molar-refractivity contribution in [2.24, 2.45) is 23.7 Å². The van der Waals surface area contributed by atoms with E-state index < -0.39 is 15.4 Å². The molecule has 0 spiro atoms. The molecule has 0 radical (unpaired) electrons. The van der Waals surface area contributed by atoms with Gasteiger partial charge in [-0.05, 0) is 55.8 Å². The first-order valence-electron chi connectivity index (χ1n) is 11.5. The lowest BCUT2D eigenvalue weighted by Gasteiger charge is -2.58. The molecule has 0 aromatic carbocycles. The summed E-state index contributed by atoms with van der Waals surface area (Å²) >= 11 is 0. The van der Waals surface area contributed by atoms with E-state index in [1.807, 2.05) is 13.8 Å². The van der Waals surface area contributed by atoms with Gasteiger partial charge in [0, 0.05) is 11.8 Å². The van der Waals surface area contributed by atoms with E-state index in [1.165, 1.54) is 10.9 Å². The third-order valence-electron chi connectivity index (χ3n) is 7.18. The lowest BCUT2D eigenvalue weighted by molar-refractivity contribution is -0.136. The average Bonchev–Trinajstić information content (AvgIpc) is 3.09. The maximum absolute atomic E-state index is 13.2. The second-order valence-electron chi connectivity index (χ2n) is 10.2. The molecule has 9 heteroatoms. The van der Waals surface area contributed by atoms with Crippen LogP contribution < -0.4 is 10.1 Å². The Bertz CT molecular complexity index is 910. The molecule has 4 bridgehead atoms. The Morgan fingerprint density at radius 3 is 2.58 bits per heavy atom. The van der Waals surface area contributed by atoms with Crippen molar-refractivity contribution in [2.45, 2.75) is 71.1 Å². The monoisotopic (exact) mass is 453 g/mol. The first-order chi connectivity index (χ1) is 14.6. The molecule has 1 heterocycles. The Morgan fingerprint density at radius 2 is 2.00 bits per heavy atom. The van der Waals surface area contributed by atoms with Gasteiger partial charge in [-0.25, -0.2) is 13.1 Å². The van der Waals surface area contributed by atoms with Crippen LogP contribution in [0.4, 0.5) is 0 Å². The van der Waals surface area contributed by atoms with Crippen LogP contribution in [0.5, 0.6) is 5.88 Å². The van der Waals surface area contributed by atoms with Gasteiger partial charge in [0.1, 0.15) is 5.56 Å². The number of aromatic nitrogens is 2. The number of hydrogen-bond acceptors (Lipinski definition) is 6. The number of nitrogens with one attached hydrogen (secondary N) is 1. The molecule has 4 fully saturated rings. The highest BCUT2D eigenvalue weighted by molar-refractivity contribution is 7.91. The predicted octanol–water partition coefficient (Wildman–Crippen LogP) is 2.02. The second kappa shape index (κ2) is 8.39. The van der Waals surface area contributed by atoms with Gasteiger partial charge in [-0.1, -0.05) is 20.8 Å². The molecular formula is C22H35N3O5S. The van der Waals surface area contributed by atoms with Crippen molar-refractivity contribution >= 4 is 15.7 Å². The molecule has 2 unspecified atom stereocenters. The summed E-state index contributed by atoms with van der Waals surface area (Å²) in [6.45, 7) is 6.22. The van der Waals surface area contributed by atoms with E-state index in [0.29, 0.717) is 35.8 Å². The van der Waals surface area contributed by atoms with Crippen molar-refractivity contribution in [3.63, 3.8) is 0 Å². The molecule has 0 saturated heterocycles. The number of ether oxygens (including phenoxy) is 1. The fourth-order valence-electron chi connectivity index (χ4n) is 5.90. The van der Waals surface area contributed by atoms with E-state index in [0.717, 1.165) is 32.1 Å². The normalized spacial score (nSPS) is 31.9. The van der Waals surface area contributed by atoms with Crippen molar-refractivity contribution in [1.29, 1.82) is 0 Å². The SMILES string of the molecule is CCS(=O)(=O)CCn1ncc(C(=O)NC2C3CC4CC2CC(O)(C4)C3)c1OCC(C)C. The third-order valence-corrected chi connectivity index (χ3v) is 8.87. The minimum atomic E-state index is -3.16. The highest BCUT2D eigenvalue weighted by Crippen LogP contribution is 2.55. The molecule has 1 amide bonds. The van der Waals surface area contributed by atoms with Gasteiger partial charge >= 0.3 is 0 Å². The minimum absolute atomic E-state index is 0.0446. The Labute approximate surface area is 184 Å². The fraction of sp³-hybridized carbons (Fsp3) is 0.818. The highest BCUT2D eigenvalue weighted by Gasteiger charge is 2.55. The third kappa shape index (κ3) is 4.77. The number of sulfone groups is 1. The van der Waals surface area contributed by atoms with E-state index in [9.17, 15) is 18.3 Å². The molecule has 0 aliphatic heterocycles. The van der Waals surface area contributed by atoms with E-state index in [-0.39, 0.29) is 35.9 Å². The van der Waals surface area contributed by atoms with Gasteiger partial charge in [-0.3, -0.25) is 4.79 Å². The molecule has 2 N–H and O–H groups in total. The van der Waals surface area contributed by atoms with Crippen molar-refractivity contribution in [3.05, 3.63) is 11.8 Å². The molecule has 4 aliphatic carbocycles. The Kier molecular flexibility index (Phi) is 6.11. The number of carbonyl (C=O) groups is 1. The van der Waals surface area contributed by atoms with Crippen LogP contribution in [0.3, 0.4) is 0 Å². The number of amides is 1. The zero-order valence-corrected chi connectivity index (χ0v) is 19.5. The number of aliphatic hydroxyl groups is 1. The van der Waals surface area contributed by atoms with Gasteiger partial charge in [0.15, 0.2) is 9.84 Å². The standard InChI is InChI=1S/C22H35N3O5S/c1-4-31(28,29)6-5-25-21(30-13-14(2)3)18(12-23-25)20(26)24-19-16-7-15-8-17(19)11-22(27,9-15)10-16/h12,14-17,19,27H,4-11,13H2,1-3H3,(H,24,26). The average molecular weight is 454 g/mol. The van der Waals surface area contributed by atoms with Crippen LogP contribution in [0, 0.1) is 23.7 Å². The zero-order valence-electron chi connectivity index (χ0n) is 18.7. The number of carbonyl (C=O) groups excluding carboxylic acids is 1. The summed E-state index contributed by atoms with van der Waals surface area (Å²) < 4.78 is 31.3. The smallest absolute Gasteiger partial charge is 0.258 e. The van der Waals surface area contributed by atoms with Crippen molar-refractivity contribution in [1.82, 2.24) is 15.1 Å². The topological polar surface area (TPSA) is 111 Å². The molecule has 8 nitrogen and oxygen atoms in total. The second-order valence-corrected chi connectivity index (χ2v) is 12.7. The van der Waals surface area contributed by atoms with Crippen molar-refractivity contribution in [2.75, 3.05) is 18.1 Å². The first kappa shape index (κ1) is 22.6.